The second-order valence-electron chi connectivity index (χ2n) is 3.63. The van der Waals surface area contributed by atoms with Crippen molar-refractivity contribution in [2.75, 3.05) is 13.7 Å². The molecule has 1 aromatic rings. The summed E-state index contributed by atoms with van der Waals surface area (Å²) in [4.78, 5) is 7.51. The Morgan fingerprint density at radius 1 is 1.57 bits per heavy atom. The molecule has 0 saturated heterocycles. The van der Waals surface area contributed by atoms with Gasteiger partial charge in [-0.3, -0.25) is 0 Å². The van der Waals surface area contributed by atoms with E-state index < -0.39 is 0 Å². The third-order valence-electron chi connectivity index (χ3n) is 1.92. The molecule has 0 aromatic carbocycles. The molecule has 0 fully saturated rings. The zero-order valence-electron chi connectivity index (χ0n) is 9.13. The summed E-state index contributed by atoms with van der Waals surface area (Å²) in [5.74, 6) is 0.993. The van der Waals surface area contributed by atoms with Crippen molar-refractivity contribution >= 4 is 0 Å². The minimum Gasteiger partial charge on any atom is -0.384 e. The highest BCUT2D eigenvalue weighted by atomic mass is 16.5. The summed E-state index contributed by atoms with van der Waals surface area (Å²) in [5.41, 5.74) is 1.13. The monoisotopic (exact) mass is 197 g/mol. The number of nitrogens with one attached hydrogen (secondary N) is 2. The number of aromatic nitrogens is 2. The van der Waals surface area contributed by atoms with Crippen LogP contribution < -0.4 is 5.32 Å². The number of hydrogen-bond donors (Lipinski definition) is 2. The van der Waals surface area contributed by atoms with Crippen LogP contribution in [0.5, 0.6) is 0 Å². The van der Waals surface area contributed by atoms with Crippen LogP contribution in [-0.4, -0.2) is 29.7 Å². The lowest BCUT2D eigenvalue weighted by Crippen LogP contribution is -2.21. The summed E-state index contributed by atoms with van der Waals surface area (Å²) in [6.07, 6.45) is 2.72. The minimum atomic E-state index is 0.501. The molecule has 1 aromatic heterocycles. The molecule has 1 rings (SSSR count). The molecule has 0 spiro atoms. The largest absolute Gasteiger partial charge is 0.384 e. The maximum atomic E-state index is 4.98. The summed E-state index contributed by atoms with van der Waals surface area (Å²) in [6, 6.07) is 0.501. The smallest absolute Gasteiger partial charge is 0.108 e. The SMILES string of the molecule is COCCc1ncc(CNC(C)C)[nH]1. The lowest BCUT2D eigenvalue weighted by molar-refractivity contribution is 0.200. The highest BCUT2D eigenvalue weighted by Crippen LogP contribution is 1.98. The summed E-state index contributed by atoms with van der Waals surface area (Å²) >= 11 is 0. The van der Waals surface area contributed by atoms with Gasteiger partial charge in [0, 0.05) is 38.0 Å². The number of methoxy groups -OCH3 is 1. The van der Waals surface area contributed by atoms with Gasteiger partial charge in [0.25, 0.3) is 0 Å². The quantitative estimate of drug-likeness (QED) is 0.718. The van der Waals surface area contributed by atoms with Gasteiger partial charge in [-0.15, -0.1) is 0 Å². The average molecular weight is 197 g/mol. The van der Waals surface area contributed by atoms with Crippen LogP contribution in [0.1, 0.15) is 25.4 Å². The van der Waals surface area contributed by atoms with Gasteiger partial charge in [0.15, 0.2) is 0 Å². The van der Waals surface area contributed by atoms with E-state index in [1.165, 1.54) is 0 Å². The van der Waals surface area contributed by atoms with Gasteiger partial charge >= 0.3 is 0 Å². The number of ether oxygens (including phenoxy) is 1. The molecule has 2 N–H and O–H groups in total. The van der Waals surface area contributed by atoms with Crippen molar-refractivity contribution in [3.8, 4) is 0 Å². The van der Waals surface area contributed by atoms with Crippen LogP contribution in [0.4, 0.5) is 0 Å². The van der Waals surface area contributed by atoms with Crippen molar-refractivity contribution in [2.45, 2.75) is 32.9 Å². The first-order chi connectivity index (χ1) is 6.72. The fourth-order valence-corrected chi connectivity index (χ4v) is 1.14. The van der Waals surface area contributed by atoms with E-state index in [0.29, 0.717) is 12.6 Å². The number of H-pyrrole nitrogens is 1. The second-order valence-corrected chi connectivity index (χ2v) is 3.63. The van der Waals surface area contributed by atoms with Crippen molar-refractivity contribution in [3.05, 3.63) is 17.7 Å². The van der Waals surface area contributed by atoms with E-state index in [2.05, 4.69) is 29.1 Å². The number of nitrogens with zero attached hydrogens (tertiary/aromatic N) is 1. The maximum absolute atomic E-state index is 4.98. The van der Waals surface area contributed by atoms with Gasteiger partial charge in [0.05, 0.1) is 6.61 Å². The lowest BCUT2D eigenvalue weighted by atomic mass is 10.3. The minimum absolute atomic E-state index is 0.501. The summed E-state index contributed by atoms with van der Waals surface area (Å²) < 4.78 is 4.98. The Bertz CT molecular complexity index is 258. The average Bonchev–Trinajstić information content (AvgIpc) is 2.59. The number of aromatic amines is 1. The van der Waals surface area contributed by atoms with Gasteiger partial charge in [-0.05, 0) is 0 Å². The van der Waals surface area contributed by atoms with Crippen molar-refractivity contribution in [1.29, 1.82) is 0 Å². The molecule has 0 saturated carbocycles. The molecule has 0 aliphatic rings. The molecule has 0 atom stereocenters. The second kappa shape index (κ2) is 5.78. The standard InChI is InChI=1S/C10H19N3O/c1-8(2)11-6-9-7-12-10(13-9)4-5-14-3/h7-8,11H,4-6H2,1-3H3,(H,12,13). The third-order valence-corrected chi connectivity index (χ3v) is 1.92. The maximum Gasteiger partial charge on any atom is 0.108 e. The van der Waals surface area contributed by atoms with Gasteiger partial charge in [-0.1, -0.05) is 13.8 Å². The fourth-order valence-electron chi connectivity index (χ4n) is 1.14. The molecule has 0 aliphatic heterocycles. The topological polar surface area (TPSA) is 49.9 Å². The van der Waals surface area contributed by atoms with E-state index in [4.69, 9.17) is 4.74 Å². The summed E-state index contributed by atoms with van der Waals surface area (Å²) in [6.45, 7) is 5.81. The van der Waals surface area contributed by atoms with Crippen LogP contribution in [0.15, 0.2) is 6.20 Å². The first-order valence-corrected chi connectivity index (χ1v) is 4.97. The van der Waals surface area contributed by atoms with Gasteiger partial charge < -0.3 is 15.0 Å². The third kappa shape index (κ3) is 3.89. The molecule has 0 amide bonds. The Balaban J connectivity index is 2.35. The van der Waals surface area contributed by atoms with E-state index in [-0.39, 0.29) is 0 Å². The van der Waals surface area contributed by atoms with Gasteiger partial charge in [-0.25, -0.2) is 4.98 Å². The first-order valence-electron chi connectivity index (χ1n) is 4.97. The Morgan fingerprint density at radius 2 is 2.36 bits per heavy atom. The van der Waals surface area contributed by atoms with Gasteiger partial charge in [-0.2, -0.15) is 0 Å². The zero-order chi connectivity index (χ0) is 10.4. The van der Waals surface area contributed by atoms with Crippen molar-refractivity contribution in [2.24, 2.45) is 0 Å². The number of hydrogen-bond acceptors (Lipinski definition) is 3. The molecule has 1 heterocycles. The molecule has 14 heavy (non-hydrogen) atoms. The molecule has 0 unspecified atom stereocenters. The van der Waals surface area contributed by atoms with Crippen molar-refractivity contribution < 1.29 is 4.74 Å². The van der Waals surface area contributed by atoms with Crippen LogP contribution in [0.3, 0.4) is 0 Å². The Hall–Kier alpha value is -0.870. The van der Waals surface area contributed by atoms with E-state index in [1.54, 1.807) is 7.11 Å². The van der Waals surface area contributed by atoms with Crippen LogP contribution in [-0.2, 0) is 17.7 Å². The van der Waals surface area contributed by atoms with Crippen LogP contribution in [0, 0.1) is 0 Å². The molecule has 4 nitrogen and oxygen atoms in total. The zero-order valence-corrected chi connectivity index (χ0v) is 9.13. The summed E-state index contributed by atoms with van der Waals surface area (Å²) in [7, 11) is 1.70. The van der Waals surface area contributed by atoms with E-state index in [0.717, 1.165) is 24.5 Å². The Labute approximate surface area is 85.1 Å². The summed E-state index contributed by atoms with van der Waals surface area (Å²) in [5, 5.41) is 3.33. The Morgan fingerprint density at radius 3 is 3.00 bits per heavy atom. The normalized spacial score (nSPS) is 11.1. The highest BCUT2D eigenvalue weighted by molar-refractivity contribution is 5.01. The molecule has 80 valence electrons. The van der Waals surface area contributed by atoms with Crippen LogP contribution >= 0.6 is 0 Å². The van der Waals surface area contributed by atoms with Crippen LogP contribution in [0.25, 0.3) is 0 Å². The number of imidazole rings is 1. The molecule has 4 heteroatoms. The molecular formula is C10H19N3O. The fraction of sp³-hybridized carbons (Fsp3) is 0.700. The highest BCUT2D eigenvalue weighted by Gasteiger charge is 2.00. The lowest BCUT2D eigenvalue weighted by Gasteiger charge is -2.05. The molecular weight excluding hydrogens is 178 g/mol. The predicted molar refractivity (Wildman–Crippen MR) is 56.1 cm³/mol. The molecule has 0 bridgehead atoms. The van der Waals surface area contributed by atoms with E-state index in [1.807, 2.05) is 6.20 Å². The Kier molecular flexibility index (Phi) is 4.62. The molecule has 0 radical (unpaired) electrons. The van der Waals surface area contributed by atoms with E-state index >= 15 is 0 Å². The number of rotatable bonds is 6. The van der Waals surface area contributed by atoms with Crippen molar-refractivity contribution in [1.82, 2.24) is 15.3 Å². The van der Waals surface area contributed by atoms with Gasteiger partial charge in [0.2, 0.25) is 0 Å². The van der Waals surface area contributed by atoms with Gasteiger partial charge in [0.1, 0.15) is 5.82 Å². The molecule has 0 aliphatic carbocycles. The van der Waals surface area contributed by atoms with Crippen LogP contribution in [0.2, 0.25) is 0 Å². The predicted octanol–water partition coefficient (Wildman–Crippen LogP) is 1.10. The first kappa shape index (κ1) is 11.2. The van der Waals surface area contributed by atoms with Crippen molar-refractivity contribution in [3.63, 3.8) is 0 Å². The van der Waals surface area contributed by atoms with E-state index in [9.17, 15) is 0 Å².